The summed E-state index contributed by atoms with van der Waals surface area (Å²) in [6.07, 6.45) is 2.59. The Hall–Kier alpha value is -1.09. The van der Waals surface area contributed by atoms with Crippen molar-refractivity contribution < 1.29 is 0 Å². The van der Waals surface area contributed by atoms with Gasteiger partial charge in [-0.25, -0.2) is 4.98 Å². The van der Waals surface area contributed by atoms with E-state index in [9.17, 15) is 0 Å². The summed E-state index contributed by atoms with van der Waals surface area (Å²) in [6.45, 7) is 6.60. The van der Waals surface area contributed by atoms with Gasteiger partial charge in [0.1, 0.15) is 5.82 Å². The quantitative estimate of drug-likeness (QED) is 0.865. The molecule has 0 aliphatic carbocycles. The Kier molecular flexibility index (Phi) is 4.00. The molecule has 2 rings (SSSR count). The monoisotopic (exact) mass is 233 g/mol. The molecule has 1 aromatic rings. The van der Waals surface area contributed by atoms with Gasteiger partial charge in [0.25, 0.3) is 0 Å². The van der Waals surface area contributed by atoms with Crippen molar-refractivity contribution in [3.05, 3.63) is 23.9 Å². The predicted molar refractivity (Wildman–Crippen MR) is 72.2 cm³/mol. The zero-order chi connectivity index (χ0) is 12.3. The maximum Gasteiger partial charge on any atom is 0.129 e. The van der Waals surface area contributed by atoms with Crippen LogP contribution in [-0.4, -0.2) is 24.6 Å². The Bertz CT molecular complexity index is 362. The summed E-state index contributed by atoms with van der Waals surface area (Å²) in [6, 6.07) is 7.00. The lowest BCUT2D eigenvalue weighted by Crippen LogP contribution is -2.34. The molecule has 1 aliphatic heterocycles. The Labute approximate surface area is 104 Å². The molecule has 94 valence electrons. The number of aromatic nitrogens is 1. The van der Waals surface area contributed by atoms with E-state index < -0.39 is 0 Å². The molecule has 0 saturated carbocycles. The fourth-order valence-electron chi connectivity index (χ4n) is 2.68. The standard InChI is InChI=1S/C14H23N3/c1-11(2)13-7-5-9-17(13)14-8-4-6-12(16-14)10-15-3/h4,6,8,11,13,15H,5,7,9-10H2,1-3H3. The maximum atomic E-state index is 4.74. The lowest BCUT2D eigenvalue weighted by atomic mass is 10.0. The zero-order valence-corrected chi connectivity index (χ0v) is 11.1. The summed E-state index contributed by atoms with van der Waals surface area (Å²) in [5, 5.41) is 3.15. The highest BCUT2D eigenvalue weighted by atomic mass is 15.2. The first-order chi connectivity index (χ1) is 8.22. The van der Waals surface area contributed by atoms with Crippen molar-refractivity contribution in [2.75, 3.05) is 18.5 Å². The molecular formula is C14H23N3. The first kappa shape index (κ1) is 12.4. The smallest absolute Gasteiger partial charge is 0.129 e. The van der Waals surface area contributed by atoms with E-state index in [4.69, 9.17) is 4.98 Å². The molecule has 1 saturated heterocycles. The van der Waals surface area contributed by atoms with Crippen molar-refractivity contribution in [1.82, 2.24) is 10.3 Å². The number of anilines is 1. The number of nitrogens with one attached hydrogen (secondary N) is 1. The van der Waals surface area contributed by atoms with Gasteiger partial charge in [0.05, 0.1) is 5.69 Å². The predicted octanol–water partition coefficient (Wildman–Crippen LogP) is 2.43. The fourth-order valence-corrected chi connectivity index (χ4v) is 2.68. The molecule has 0 bridgehead atoms. The molecule has 2 heterocycles. The molecule has 1 unspecified atom stereocenters. The van der Waals surface area contributed by atoms with Gasteiger partial charge in [-0.1, -0.05) is 19.9 Å². The third-order valence-corrected chi connectivity index (χ3v) is 3.51. The van der Waals surface area contributed by atoms with Crippen LogP contribution in [0.4, 0.5) is 5.82 Å². The zero-order valence-electron chi connectivity index (χ0n) is 11.1. The van der Waals surface area contributed by atoms with Gasteiger partial charge in [-0.2, -0.15) is 0 Å². The molecule has 0 aromatic carbocycles. The third-order valence-electron chi connectivity index (χ3n) is 3.51. The molecule has 0 radical (unpaired) electrons. The average molecular weight is 233 g/mol. The van der Waals surface area contributed by atoms with Crippen molar-refractivity contribution in [3.8, 4) is 0 Å². The second-order valence-corrected chi connectivity index (χ2v) is 5.16. The van der Waals surface area contributed by atoms with Crippen molar-refractivity contribution in [3.63, 3.8) is 0 Å². The van der Waals surface area contributed by atoms with Crippen LogP contribution in [0.1, 0.15) is 32.4 Å². The normalized spacial score (nSPS) is 20.2. The first-order valence-corrected chi connectivity index (χ1v) is 6.59. The van der Waals surface area contributed by atoms with Crippen LogP contribution in [0.3, 0.4) is 0 Å². The lowest BCUT2D eigenvalue weighted by molar-refractivity contribution is 0.489. The molecule has 1 atom stereocenters. The summed E-state index contributed by atoms with van der Waals surface area (Å²) < 4.78 is 0. The van der Waals surface area contributed by atoms with Crippen LogP contribution < -0.4 is 10.2 Å². The van der Waals surface area contributed by atoms with Gasteiger partial charge in [-0.15, -0.1) is 0 Å². The lowest BCUT2D eigenvalue weighted by Gasteiger charge is -2.29. The minimum atomic E-state index is 0.660. The topological polar surface area (TPSA) is 28.2 Å². The van der Waals surface area contributed by atoms with Crippen LogP contribution in [0.15, 0.2) is 18.2 Å². The van der Waals surface area contributed by atoms with Gasteiger partial charge in [-0.05, 0) is 37.9 Å². The Balaban J connectivity index is 2.18. The van der Waals surface area contributed by atoms with Crippen molar-refractivity contribution in [2.45, 2.75) is 39.3 Å². The summed E-state index contributed by atoms with van der Waals surface area (Å²) >= 11 is 0. The van der Waals surface area contributed by atoms with Crippen molar-refractivity contribution >= 4 is 5.82 Å². The van der Waals surface area contributed by atoms with E-state index in [1.54, 1.807) is 0 Å². The molecule has 1 aliphatic rings. The molecule has 0 amide bonds. The Morgan fingerprint density at radius 2 is 2.29 bits per heavy atom. The van der Waals surface area contributed by atoms with Gasteiger partial charge in [0.2, 0.25) is 0 Å². The van der Waals surface area contributed by atoms with E-state index in [1.165, 1.54) is 12.8 Å². The molecule has 1 fully saturated rings. The van der Waals surface area contributed by atoms with Gasteiger partial charge in [0, 0.05) is 19.1 Å². The number of rotatable bonds is 4. The first-order valence-electron chi connectivity index (χ1n) is 6.59. The average Bonchev–Trinajstić information content (AvgIpc) is 2.79. The van der Waals surface area contributed by atoms with E-state index in [0.717, 1.165) is 24.6 Å². The highest BCUT2D eigenvalue weighted by molar-refractivity contribution is 5.42. The molecule has 1 aromatic heterocycles. The Morgan fingerprint density at radius 3 is 3.00 bits per heavy atom. The fraction of sp³-hybridized carbons (Fsp3) is 0.643. The van der Waals surface area contributed by atoms with E-state index in [0.29, 0.717) is 12.0 Å². The molecule has 1 N–H and O–H groups in total. The van der Waals surface area contributed by atoms with Crippen LogP contribution in [0.5, 0.6) is 0 Å². The van der Waals surface area contributed by atoms with E-state index in [2.05, 4.69) is 42.3 Å². The van der Waals surface area contributed by atoms with Crippen molar-refractivity contribution in [1.29, 1.82) is 0 Å². The minimum Gasteiger partial charge on any atom is -0.353 e. The highest BCUT2D eigenvalue weighted by Crippen LogP contribution is 2.28. The molecule has 3 heteroatoms. The van der Waals surface area contributed by atoms with Gasteiger partial charge >= 0.3 is 0 Å². The largest absolute Gasteiger partial charge is 0.353 e. The molecule has 0 spiro atoms. The summed E-state index contributed by atoms with van der Waals surface area (Å²) in [5.74, 6) is 1.85. The van der Waals surface area contributed by atoms with Crippen LogP contribution in [-0.2, 0) is 6.54 Å². The third kappa shape index (κ3) is 2.78. The van der Waals surface area contributed by atoms with E-state index in [1.807, 2.05) is 7.05 Å². The number of hydrogen-bond donors (Lipinski definition) is 1. The second kappa shape index (κ2) is 5.50. The number of pyridine rings is 1. The highest BCUT2D eigenvalue weighted by Gasteiger charge is 2.27. The van der Waals surface area contributed by atoms with Gasteiger partial charge < -0.3 is 10.2 Å². The van der Waals surface area contributed by atoms with Gasteiger partial charge in [-0.3, -0.25) is 0 Å². The molecule has 17 heavy (non-hydrogen) atoms. The van der Waals surface area contributed by atoms with Crippen LogP contribution in [0.25, 0.3) is 0 Å². The second-order valence-electron chi connectivity index (χ2n) is 5.16. The van der Waals surface area contributed by atoms with E-state index in [-0.39, 0.29) is 0 Å². The number of nitrogens with zero attached hydrogens (tertiary/aromatic N) is 2. The number of hydrogen-bond acceptors (Lipinski definition) is 3. The van der Waals surface area contributed by atoms with Crippen LogP contribution >= 0.6 is 0 Å². The SMILES string of the molecule is CNCc1cccc(N2CCCC2C(C)C)n1. The minimum absolute atomic E-state index is 0.660. The van der Waals surface area contributed by atoms with Crippen LogP contribution in [0, 0.1) is 5.92 Å². The Morgan fingerprint density at radius 1 is 1.47 bits per heavy atom. The summed E-state index contributed by atoms with van der Waals surface area (Å²) in [7, 11) is 1.96. The summed E-state index contributed by atoms with van der Waals surface area (Å²) in [5.41, 5.74) is 1.12. The summed E-state index contributed by atoms with van der Waals surface area (Å²) in [4.78, 5) is 7.22. The van der Waals surface area contributed by atoms with Gasteiger partial charge in [0.15, 0.2) is 0 Å². The van der Waals surface area contributed by atoms with Crippen LogP contribution in [0.2, 0.25) is 0 Å². The maximum absolute atomic E-state index is 4.74. The molecule has 3 nitrogen and oxygen atoms in total. The van der Waals surface area contributed by atoms with Crippen molar-refractivity contribution in [2.24, 2.45) is 5.92 Å². The van der Waals surface area contributed by atoms with E-state index >= 15 is 0 Å². The molecular weight excluding hydrogens is 210 g/mol.